The van der Waals surface area contributed by atoms with E-state index in [2.05, 4.69) is 10.3 Å². The number of nitrogens with one attached hydrogen (secondary N) is 1. The number of aromatic nitrogens is 1. The van der Waals surface area contributed by atoms with Crippen molar-refractivity contribution in [2.24, 2.45) is 0 Å². The molecule has 0 saturated heterocycles. The Kier molecular flexibility index (Phi) is 4.21. The van der Waals surface area contributed by atoms with E-state index < -0.39 is 17.5 Å². The minimum atomic E-state index is -0.936. The van der Waals surface area contributed by atoms with E-state index in [1.165, 1.54) is 11.3 Å². The molecule has 0 aliphatic carbocycles. The van der Waals surface area contributed by atoms with Crippen LogP contribution in [0.25, 0.3) is 10.6 Å². The average Bonchev–Trinajstić information content (AvgIpc) is 2.77. The minimum absolute atomic E-state index is 0.0582. The molecule has 2 nitrogen and oxygen atoms in total. The lowest BCUT2D eigenvalue weighted by Crippen LogP contribution is -2.16. The van der Waals surface area contributed by atoms with E-state index in [0.717, 1.165) is 11.4 Å². The Balaban J connectivity index is 2.38. The summed E-state index contributed by atoms with van der Waals surface area (Å²) in [7, 11) is 0. The van der Waals surface area contributed by atoms with E-state index in [1.54, 1.807) is 6.20 Å². The van der Waals surface area contributed by atoms with E-state index in [1.807, 2.05) is 13.8 Å². The topological polar surface area (TPSA) is 24.9 Å². The Hall–Kier alpha value is -1.40. The Morgan fingerprint density at radius 3 is 2.47 bits per heavy atom. The van der Waals surface area contributed by atoms with Crippen LogP contribution >= 0.6 is 11.3 Å². The predicted molar refractivity (Wildman–Crippen MR) is 69.5 cm³/mol. The van der Waals surface area contributed by atoms with Crippen LogP contribution in [0.1, 0.15) is 24.8 Å². The molecule has 0 radical (unpaired) electrons. The molecule has 19 heavy (non-hydrogen) atoms. The van der Waals surface area contributed by atoms with Crippen LogP contribution in [0, 0.1) is 17.5 Å². The summed E-state index contributed by atoms with van der Waals surface area (Å²) in [4.78, 5) is 4.89. The minimum Gasteiger partial charge on any atom is -0.310 e. The number of benzene rings is 1. The fraction of sp³-hybridized carbons (Fsp3) is 0.308. The Morgan fingerprint density at radius 2 is 1.89 bits per heavy atom. The third kappa shape index (κ3) is 2.96. The van der Waals surface area contributed by atoms with Gasteiger partial charge in [-0.05, 0) is 13.5 Å². The molecule has 0 spiro atoms. The smallest absolute Gasteiger partial charge is 0.139 e. The highest BCUT2D eigenvalue weighted by Crippen LogP contribution is 2.32. The van der Waals surface area contributed by atoms with Crippen LogP contribution < -0.4 is 5.32 Å². The molecule has 0 aliphatic rings. The van der Waals surface area contributed by atoms with Gasteiger partial charge in [0.1, 0.15) is 22.5 Å². The van der Waals surface area contributed by atoms with E-state index in [-0.39, 0.29) is 16.6 Å². The molecular weight excluding hydrogens is 273 g/mol. The van der Waals surface area contributed by atoms with E-state index in [4.69, 9.17) is 0 Å². The van der Waals surface area contributed by atoms with Crippen LogP contribution in [0.4, 0.5) is 13.2 Å². The summed E-state index contributed by atoms with van der Waals surface area (Å²) in [6, 6.07) is 1.38. The summed E-state index contributed by atoms with van der Waals surface area (Å²) in [6.45, 7) is 4.70. The maximum absolute atomic E-state index is 13.6. The van der Waals surface area contributed by atoms with Crippen molar-refractivity contribution in [2.75, 3.05) is 6.54 Å². The van der Waals surface area contributed by atoms with Crippen molar-refractivity contribution in [1.82, 2.24) is 10.3 Å². The van der Waals surface area contributed by atoms with Crippen LogP contribution in [0.3, 0.4) is 0 Å². The Labute approximate surface area is 113 Å². The maximum atomic E-state index is 13.6. The van der Waals surface area contributed by atoms with Crippen molar-refractivity contribution < 1.29 is 13.2 Å². The van der Waals surface area contributed by atoms with Crippen LogP contribution in [-0.2, 0) is 0 Å². The summed E-state index contributed by atoms with van der Waals surface area (Å²) in [6.07, 6.45) is 1.58. The first-order valence-corrected chi connectivity index (χ1v) is 6.68. The molecule has 0 fully saturated rings. The first-order valence-electron chi connectivity index (χ1n) is 5.87. The van der Waals surface area contributed by atoms with E-state index in [9.17, 15) is 13.2 Å². The highest BCUT2D eigenvalue weighted by atomic mass is 32.1. The number of nitrogens with zero attached hydrogens (tertiary/aromatic N) is 1. The zero-order valence-corrected chi connectivity index (χ0v) is 11.3. The summed E-state index contributed by atoms with van der Waals surface area (Å²) in [5, 5.41) is 3.41. The van der Waals surface area contributed by atoms with Gasteiger partial charge in [0.15, 0.2) is 0 Å². The zero-order valence-electron chi connectivity index (χ0n) is 10.5. The second-order valence-corrected chi connectivity index (χ2v) is 5.15. The molecule has 1 aromatic carbocycles. The molecule has 1 aromatic heterocycles. The lowest BCUT2D eigenvalue weighted by Gasteiger charge is -2.08. The number of halogens is 3. The summed E-state index contributed by atoms with van der Waals surface area (Å²) >= 11 is 1.19. The molecule has 2 aromatic rings. The summed E-state index contributed by atoms with van der Waals surface area (Å²) in [5.41, 5.74) is -0.277. The van der Waals surface area contributed by atoms with Gasteiger partial charge in [-0.2, -0.15) is 0 Å². The third-order valence-electron chi connectivity index (χ3n) is 2.68. The van der Waals surface area contributed by atoms with Crippen molar-refractivity contribution in [3.63, 3.8) is 0 Å². The van der Waals surface area contributed by atoms with Crippen LogP contribution in [0.5, 0.6) is 0 Å². The van der Waals surface area contributed by atoms with Gasteiger partial charge >= 0.3 is 0 Å². The molecule has 0 bridgehead atoms. The molecule has 2 rings (SSSR count). The van der Waals surface area contributed by atoms with Gasteiger partial charge in [0.25, 0.3) is 0 Å². The fourth-order valence-electron chi connectivity index (χ4n) is 1.76. The lowest BCUT2D eigenvalue weighted by molar-refractivity contribution is 0.548. The Morgan fingerprint density at radius 1 is 1.26 bits per heavy atom. The predicted octanol–water partition coefficient (Wildman–Crippen LogP) is 3.90. The molecule has 1 atom stereocenters. The van der Waals surface area contributed by atoms with Gasteiger partial charge in [-0.25, -0.2) is 18.2 Å². The van der Waals surface area contributed by atoms with Gasteiger partial charge in [0.2, 0.25) is 0 Å². The zero-order chi connectivity index (χ0) is 14.0. The van der Waals surface area contributed by atoms with E-state index >= 15 is 0 Å². The van der Waals surface area contributed by atoms with Crippen molar-refractivity contribution in [3.05, 3.63) is 40.7 Å². The van der Waals surface area contributed by atoms with Gasteiger partial charge in [-0.1, -0.05) is 6.92 Å². The highest BCUT2D eigenvalue weighted by Gasteiger charge is 2.18. The van der Waals surface area contributed by atoms with Gasteiger partial charge in [-0.3, -0.25) is 0 Å². The summed E-state index contributed by atoms with van der Waals surface area (Å²) < 4.78 is 40.1. The molecule has 6 heteroatoms. The SMILES string of the molecule is CCNC(C)c1cnc(-c2c(F)cc(F)cc2F)s1. The largest absolute Gasteiger partial charge is 0.310 e. The van der Waals surface area contributed by atoms with Gasteiger partial charge in [-0.15, -0.1) is 11.3 Å². The lowest BCUT2D eigenvalue weighted by atomic mass is 10.2. The van der Waals surface area contributed by atoms with Crippen molar-refractivity contribution in [1.29, 1.82) is 0 Å². The van der Waals surface area contributed by atoms with Crippen molar-refractivity contribution in [2.45, 2.75) is 19.9 Å². The monoisotopic (exact) mass is 286 g/mol. The molecule has 1 heterocycles. The quantitative estimate of drug-likeness (QED) is 0.922. The van der Waals surface area contributed by atoms with Crippen LogP contribution in [0.2, 0.25) is 0 Å². The first-order chi connectivity index (χ1) is 9.02. The van der Waals surface area contributed by atoms with Crippen LogP contribution in [0.15, 0.2) is 18.3 Å². The third-order valence-corrected chi connectivity index (χ3v) is 3.88. The maximum Gasteiger partial charge on any atom is 0.139 e. The molecule has 102 valence electrons. The van der Waals surface area contributed by atoms with Gasteiger partial charge in [0, 0.05) is 29.2 Å². The number of rotatable bonds is 4. The van der Waals surface area contributed by atoms with Gasteiger partial charge in [0.05, 0.1) is 5.56 Å². The normalized spacial score (nSPS) is 12.7. The standard InChI is InChI=1S/C13H13F3N2S/c1-3-17-7(2)11-6-18-13(19-11)12-9(15)4-8(14)5-10(12)16/h4-7,17H,3H2,1-2H3. The summed E-state index contributed by atoms with van der Waals surface area (Å²) in [5.74, 6) is -2.81. The second-order valence-electron chi connectivity index (χ2n) is 4.09. The molecule has 0 aliphatic heterocycles. The molecule has 0 amide bonds. The van der Waals surface area contributed by atoms with Gasteiger partial charge < -0.3 is 5.32 Å². The second kappa shape index (κ2) is 5.71. The van der Waals surface area contributed by atoms with Crippen LogP contribution in [-0.4, -0.2) is 11.5 Å². The molecule has 1 N–H and O–H groups in total. The van der Waals surface area contributed by atoms with E-state index in [0.29, 0.717) is 12.1 Å². The van der Waals surface area contributed by atoms with Crippen molar-refractivity contribution in [3.8, 4) is 10.6 Å². The highest BCUT2D eigenvalue weighted by molar-refractivity contribution is 7.15. The number of thiazole rings is 1. The van der Waals surface area contributed by atoms with Crippen molar-refractivity contribution >= 4 is 11.3 Å². The first kappa shape index (κ1) is 14.0. The molecule has 1 unspecified atom stereocenters. The number of hydrogen-bond acceptors (Lipinski definition) is 3. The Bertz CT molecular complexity index is 560. The molecular formula is C13H13F3N2S. The fourth-order valence-corrected chi connectivity index (χ4v) is 2.75. The number of hydrogen-bond donors (Lipinski definition) is 1. The molecule has 0 saturated carbocycles. The average molecular weight is 286 g/mol.